The van der Waals surface area contributed by atoms with Crippen LogP contribution in [-0.2, 0) is 4.74 Å². The van der Waals surface area contributed by atoms with Gasteiger partial charge in [0, 0.05) is 11.4 Å². The van der Waals surface area contributed by atoms with Gasteiger partial charge in [-0.2, -0.15) is 0 Å². The summed E-state index contributed by atoms with van der Waals surface area (Å²) in [5, 5.41) is 0.660. The number of hydrogen-bond acceptors (Lipinski definition) is 5. The first kappa shape index (κ1) is 13.2. The van der Waals surface area contributed by atoms with Crippen LogP contribution in [0.1, 0.15) is 20.8 Å². The molecule has 0 aliphatic rings. The van der Waals surface area contributed by atoms with E-state index >= 15 is 0 Å². The van der Waals surface area contributed by atoms with Crippen LogP contribution >= 0.6 is 11.8 Å². The number of nitrogen functional groups attached to an aromatic ring is 1. The normalized spacial score (nSPS) is 12.2. The van der Waals surface area contributed by atoms with E-state index in [1.807, 2.05) is 39.0 Å². The molecule has 0 unspecified atom stereocenters. The quantitative estimate of drug-likeness (QED) is 0.522. The van der Waals surface area contributed by atoms with Gasteiger partial charge in [-0.05, 0) is 39.0 Å². The van der Waals surface area contributed by atoms with Crippen LogP contribution in [0.2, 0.25) is 0 Å². The van der Waals surface area contributed by atoms with E-state index in [2.05, 4.69) is 4.98 Å². The summed E-state index contributed by atoms with van der Waals surface area (Å²) in [6.07, 6.45) is 0. The smallest absolute Gasteiger partial charge is 0.256 e. The molecule has 2 rings (SSSR count). The van der Waals surface area contributed by atoms with Crippen LogP contribution < -0.4 is 5.73 Å². The zero-order chi connectivity index (χ0) is 13.2. The molecule has 2 N–H and O–H groups in total. The lowest BCUT2D eigenvalue weighted by atomic mass is 10.2. The zero-order valence-electron chi connectivity index (χ0n) is 10.9. The van der Waals surface area contributed by atoms with Gasteiger partial charge in [-0.25, -0.2) is 4.98 Å². The highest BCUT2D eigenvalue weighted by Crippen LogP contribution is 2.24. The molecule has 0 fully saturated rings. The predicted molar refractivity (Wildman–Crippen MR) is 74.9 cm³/mol. The SMILES string of the molecule is CC(C)(C)OCCSc1nc2cc(N)ccc2o1. The molecule has 0 aliphatic heterocycles. The van der Waals surface area contributed by atoms with Crippen molar-refractivity contribution in [2.45, 2.75) is 31.6 Å². The van der Waals surface area contributed by atoms with Crippen molar-refractivity contribution < 1.29 is 9.15 Å². The van der Waals surface area contributed by atoms with Crippen molar-refractivity contribution in [1.29, 1.82) is 0 Å². The van der Waals surface area contributed by atoms with Gasteiger partial charge in [-0.1, -0.05) is 11.8 Å². The van der Waals surface area contributed by atoms with Crippen molar-refractivity contribution in [1.82, 2.24) is 4.98 Å². The van der Waals surface area contributed by atoms with Crippen molar-refractivity contribution in [2.75, 3.05) is 18.1 Å². The number of fused-ring (bicyclic) bond motifs is 1. The molecule has 0 spiro atoms. The highest BCUT2D eigenvalue weighted by atomic mass is 32.2. The van der Waals surface area contributed by atoms with Gasteiger partial charge in [0.25, 0.3) is 5.22 Å². The minimum absolute atomic E-state index is 0.101. The number of oxazole rings is 1. The second kappa shape index (κ2) is 5.20. The standard InChI is InChI=1S/C13H18N2O2S/c1-13(2,3)16-6-7-18-12-15-10-8-9(14)4-5-11(10)17-12/h4-5,8H,6-7,14H2,1-3H3. The van der Waals surface area contributed by atoms with Crippen LogP contribution in [0.25, 0.3) is 11.1 Å². The second-order valence-electron chi connectivity index (χ2n) is 5.02. The van der Waals surface area contributed by atoms with Gasteiger partial charge in [0.1, 0.15) is 5.52 Å². The first-order valence-electron chi connectivity index (χ1n) is 5.87. The summed E-state index contributed by atoms with van der Waals surface area (Å²) >= 11 is 1.55. The molecule has 0 atom stereocenters. The number of nitrogens with two attached hydrogens (primary N) is 1. The van der Waals surface area contributed by atoms with E-state index in [1.54, 1.807) is 11.8 Å². The summed E-state index contributed by atoms with van der Waals surface area (Å²) in [5.41, 5.74) is 7.86. The van der Waals surface area contributed by atoms with Gasteiger partial charge >= 0.3 is 0 Å². The van der Waals surface area contributed by atoms with Crippen molar-refractivity contribution in [2.24, 2.45) is 0 Å². The Morgan fingerprint density at radius 2 is 2.17 bits per heavy atom. The second-order valence-corrected chi connectivity index (χ2v) is 6.06. The van der Waals surface area contributed by atoms with E-state index in [1.165, 1.54) is 0 Å². The van der Waals surface area contributed by atoms with Crippen molar-refractivity contribution in [3.8, 4) is 0 Å². The molecule has 0 bridgehead atoms. The zero-order valence-corrected chi connectivity index (χ0v) is 11.7. The van der Waals surface area contributed by atoms with E-state index in [4.69, 9.17) is 14.9 Å². The average Bonchev–Trinajstić information content (AvgIpc) is 2.65. The van der Waals surface area contributed by atoms with Gasteiger partial charge < -0.3 is 14.9 Å². The fraction of sp³-hybridized carbons (Fsp3) is 0.462. The first-order valence-corrected chi connectivity index (χ1v) is 6.85. The topological polar surface area (TPSA) is 61.3 Å². The van der Waals surface area contributed by atoms with Crippen molar-refractivity contribution in [3.05, 3.63) is 18.2 Å². The Hall–Kier alpha value is -1.20. The Kier molecular flexibility index (Phi) is 3.82. The predicted octanol–water partition coefficient (Wildman–Crippen LogP) is 3.32. The lowest BCUT2D eigenvalue weighted by Crippen LogP contribution is -2.20. The largest absolute Gasteiger partial charge is 0.431 e. The van der Waals surface area contributed by atoms with Gasteiger partial charge in [-0.15, -0.1) is 0 Å². The Balaban J connectivity index is 1.92. The molecule has 1 aromatic carbocycles. The highest BCUT2D eigenvalue weighted by Gasteiger charge is 2.10. The maximum Gasteiger partial charge on any atom is 0.256 e. The third-order valence-corrected chi connectivity index (χ3v) is 3.03. The van der Waals surface area contributed by atoms with E-state index in [9.17, 15) is 0 Å². The van der Waals surface area contributed by atoms with Gasteiger partial charge in [0.15, 0.2) is 5.58 Å². The first-order chi connectivity index (χ1) is 8.44. The highest BCUT2D eigenvalue weighted by molar-refractivity contribution is 7.99. The van der Waals surface area contributed by atoms with Gasteiger partial charge in [0.05, 0.1) is 12.2 Å². The number of aromatic nitrogens is 1. The minimum Gasteiger partial charge on any atom is -0.431 e. The van der Waals surface area contributed by atoms with Crippen LogP contribution in [0.5, 0.6) is 0 Å². The molecule has 0 amide bonds. The van der Waals surface area contributed by atoms with Gasteiger partial charge in [0.2, 0.25) is 0 Å². The van der Waals surface area contributed by atoms with Crippen LogP contribution in [0, 0.1) is 0 Å². The fourth-order valence-electron chi connectivity index (χ4n) is 1.46. The number of nitrogens with zero attached hydrogens (tertiary/aromatic N) is 1. The van der Waals surface area contributed by atoms with Crippen LogP contribution in [0.3, 0.4) is 0 Å². The van der Waals surface area contributed by atoms with E-state index in [0.717, 1.165) is 16.9 Å². The lowest BCUT2D eigenvalue weighted by Gasteiger charge is -2.18. The minimum atomic E-state index is -0.101. The Morgan fingerprint density at radius 3 is 2.89 bits per heavy atom. The monoisotopic (exact) mass is 266 g/mol. The molecule has 0 aliphatic carbocycles. The molecule has 18 heavy (non-hydrogen) atoms. The number of hydrogen-bond donors (Lipinski definition) is 1. The molecule has 0 saturated carbocycles. The molecule has 1 aromatic heterocycles. The number of rotatable bonds is 4. The Bertz CT molecular complexity index is 531. The third-order valence-electron chi connectivity index (χ3n) is 2.24. The Morgan fingerprint density at radius 1 is 1.39 bits per heavy atom. The number of thioether (sulfide) groups is 1. The summed E-state index contributed by atoms with van der Waals surface area (Å²) in [7, 11) is 0. The number of benzene rings is 1. The molecular formula is C13H18N2O2S. The molecular weight excluding hydrogens is 248 g/mol. The van der Waals surface area contributed by atoms with Gasteiger partial charge in [-0.3, -0.25) is 0 Å². The molecule has 4 nitrogen and oxygen atoms in total. The summed E-state index contributed by atoms with van der Waals surface area (Å²) < 4.78 is 11.2. The summed E-state index contributed by atoms with van der Waals surface area (Å²) in [6, 6.07) is 5.46. The molecule has 2 aromatic rings. The van der Waals surface area contributed by atoms with Crippen LogP contribution in [-0.4, -0.2) is 22.9 Å². The lowest BCUT2D eigenvalue weighted by molar-refractivity contribution is 0.00689. The maximum atomic E-state index is 5.69. The Labute approximate surface area is 111 Å². The summed E-state index contributed by atoms with van der Waals surface area (Å²) in [6.45, 7) is 6.80. The van der Waals surface area contributed by atoms with E-state index < -0.39 is 0 Å². The average molecular weight is 266 g/mol. The summed E-state index contributed by atoms with van der Waals surface area (Å²) in [5.74, 6) is 0.819. The maximum absolute atomic E-state index is 5.69. The van der Waals surface area contributed by atoms with Crippen molar-refractivity contribution >= 4 is 28.5 Å². The molecule has 98 valence electrons. The molecule has 0 saturated heterocycles. The summed E-state index contributed by atoms with van der Waals surface area (Å²) in [4.78, 5) is 4.37. The van der Waals surface area contributed by atoms with E-state index in [-0.39, 0.29) is 5.60 Å². The third kappa shape index (κ3) is 3.65. The fourth-order valence-corrected chi connectivity index (χ4v) is 2.11. The number of anilines is 1. The van der Waals surface area contributed by atoms with Crippen molar-refractivity contribution in [3.63, 3.8) is 0 Å². The molecule has 5 heteroatoms. The van der Waals surface area contributed by atoms with E-state index in [0.29, 0.717) is 17.5 Å². The van der Waals surface area contributed by atoms with Crippen LogP contribution in [0.15, 0.2) is 27.8 Å². The number of ether oxygens (including phenoxy) is 1. The molecule has 1 heterocycles. The van der Waals surface area contributed by atoms with Crippen LogP contribution in [0.4, 0.5) is 5.69 Å². The molecule has 0 radical (unpaired) electrons.